The van der Waals surface area contributed by atoms with E-state index in [-0.39, 0.29) is 24.0 Å². The average molecular weight is 556 g/mol. The van der Waals surface area contributed by atoms with Gasteiger partial charge in [0.25, 0.3) is 0 Å². The van der Waals surface area contributed by atoms with Gasteiger partial charge in [-0.2, -0.15) is 0 Å². The number of halogens is 1. The van der Waals surface area contributed by atoms with Gasteiger partial charge in [-0.25, -0.2) is 4.99 Å². The Morgan fingerprint density at radius 3 is 2.75 bits per heavy atom. The van der Waals surface area contributed by atoms with Crippen LogP contribution in [0.3, 0.4) is 0 Å². The minimum absolute atomic E-state index is 0. The maximum atomic E-state index is 5.53. The van der Waals surface area contributed by atoms with Crippen LogP contribution >= 0.6 is 24.0 Å². The van der Waals surface area contributed by atoms with Crippen LogP contribution in [0.4, 0.5) is 5.69 Å². The second-order valence-electron chi connectivity index (χ2n) is 8.08. The van der Waals surface area contributed by atoms with Crippen molar-refractivity contribution < 1.29 is 9.26 Å². The zero-order valence-corrected chi connectivity index (χ0v) is 22.1. The molecule has 0 radical (unpaired) electrons. The number of benzene rings is 1. The van der Waals surface area contributed by atoms with Crippen LogP contribution < -0.4 is 20.3 Å². The van der Waals surface area contributed by atoms with Gasteiger partial charge in [0, 0.05) is 38.2 Å². The van der Waals surface area contributed by atoms with Gasteiger partial charge in [-0.3, -0.25) is 0 Å². The third-order valence-electron chi connectivity index (χ3n) is 5.99. The monoisotopic (exact) mass is 555 g/mol. The Morgan fingerprint density at radius 2 is 2.03 bits per heavy atom. The molecule has 1 atom stereocenters. The quantitative estimate of drug-likeness (QED) is 0.250. The Bertz CT molecular complexity index is 837. The highest BCUT2D eigenvalue weighted by Gasteiger charge is 2.24. The van der Waals surface area contributed by atoms with E-state index in [2.05, 4.69) is 53.6 Å². The van der Waals surface area contributed by atoms with Gasteiger partial charge in [0.15, 0.2) is 11.7 Å². The van der Waals surface area contributed by atoms with Crippen molar-refractivity contribution in [2.24, 2.45) is 10.9 Å². The molecule has 1 aliphatic rings. The molecule has 1 aliphatic heterocycles. The van der Waals surface area contributed by atoms with Gasteiger partial charge in [-0.05, 0) is 44.2 Å². The molecule has 1 unspecified atom stereocenters. The van der Waals surface area contributed by atoms with Crippen molar-refractivity contribution in [1.29, 1.82) is 0 Å². The second kappa shape index (κ2) is 13.5. The lowest BCUT2D eigenvalue weighted by molar-refractivity contribution is 0.372. The summed E-state index contributed by atoms with van der Waals surface area (Å²) in [7, 11) is 1.73. The van der Waals surface area contributed by atoms with Gasteiger partial charge < -0.3 is 24.8 Å². The van der Waals surface area contributed by atoms with E-state index in [1.807, 2.05) is 18.2 Å². The van der Waals surface area contributed by atoms with E-state index < -0.39 is 0 Å². The van der Waals surface area contributed by atoms with Crippen molar-refractivity contribution in [3.05, 3.63) is 41.8 Å². The summed E-state index contributed by atoms with van der Waals surface area (Å²) in [6.45, 7) is 10.7. The minimum atomic E-state index is 0. The lowest BCUT2D eigenvalue weighted by Crippen LogP contribution is -2.40. The number of ether oxygens (including phenoxy) is 1. The standard InChI is InChI=1S/C24H37N5O2.HI/c1-5-19(6-2)21-14-20(31-28-21)16-27-24(25-7-3)26-15-18-12-13-29(17-18)22-10-8-9-11-23(22)30-4;/h8-11,14,18-19H,5-7,12-13,15-17H2,1-4H3,(H2,25,26,27);1H. The third kappa shape index (κ3) is 7.02. The molecule has 7 nitrogen and oxygen atoms in total. The molecule has 2 heterocycles. The summed E-state index contributed by atoms with van der Waals surface area (Å²) < 4.78 is 11.0. The van der Waals surface area contributed by atoms with Crippen LogP contribution in [0.5, 0.6) is 5.75 Å². The molecule has 1 fully saturated rings. The van der Waals surface area contributed by atoms with E-state index in [1.165, 1.54) is 5.69 Å². The summed E-state index contributed by atoms with van der Waals surface area (Å²) in [6, 6.07) is 10.3. The van der Waals surface area contributed by atoms with Crippen molar-refractivity contribution in [2.75, 3.05) is 38.2 Å². The Balaban J connectivity index is 0.00000363. The predicted octanol–water partition coefficient (Wildman–Crippen LogP) is 4.79. The van der Waals surface area contributed by atoms with Gasteiger partial charge in [0.05, 0.1) is 18.5 Å². The Labute approximate surface area is 209 Å². The highest BCUT2D eigenvalue weighted by atomic mass is 127. The van der Waals surface area contributed by atoms with Gasteiger partial charge in [-0.15, -0.1) is 24.0 Å². The first kappa shape index (κ1) is 26.3. The van der Waals surface area contributed by atoms with E-state index >= 15 is 0 Å². The maximum absolute atomic E-state index is 5.53. The average Bonchev–Trinajstić information content (AvgIpc) is 3.46. The summed E-state index contributed by atoms with van der Waals surface area (Å²) in [5, 5.41) is 11.1. The zero-order chi connectivity index (χ0) is 22.1. The number of methoxy groups -OCH3 is 1. The van der Waals surface area contributed by atoms with Crippen LogP contribution in [0.25, 0.3) is 0 Å². The second-order valence-corrected chi connectivity index (χ2v) is 8.08. The highest BCUT2D eigenvalue weighted by Crippen LogP contribution is 2.31. The van der Waals surface area contributed by atoms with E-state index in [4.69, 9.17) is 14.3 Å². The fraction of sp³-hybridized carbons (Fsp3) is 0.583. The molecular weight excluding hydrogens is 517 g/mol. The number of rotatable bonds is 10. The molecule has 3 rings (SSSR count). The van der Waals surface area contributed by atoms with E-state index in [1.54, 1.807) is 7.11 Å². The molecule has 0 spiro atoms. The number of guanidine groups is 1. The number of aromatic nitrogens is 1. The molecule has 1 aromatic carbocycles. The molecule has 1 aromatic heterocycles. The molecule has 32 heavy (non-hydrogen) atoms. The molecule has 0 saturated carbocycles. The first-order valence-electron chi connectivity index (χ1n) is 11.5. The minimum Gasteiger partial charge on any atom is -0.495 e. The number of hydrogen-bond donors (Lipinski definition) is 2. The fourth-order valence-electron chi connectivity index (χ4n) is 4.15. The molecule has 0 amide bonds. The Morgan fingerprint density at radius 1 is 1.25 bits per heavy atom. The summed E-state index contributed by atoms with van der Waals surface area (Å²) in [5.74, 6) is 3.58. The zero-order valence-electron chi connectivity index (χ0n) is 19.8. The predicted molar refractivity (Wildman–Crippen MR) is 141 cm³/mol. The number of nitrogens with one attached hydrogen (secondary N) is 2. The fourth-order valence-corrected chi connectivity index (χ4v) is 4.15. The van der Waals surface area contributed by atoms with Gasteiger partial charge in [-0.1, -0.05) is 31.1 Å². The largest absolute Gasteiger partial charge is 0.495 e. The number of para-hydroxylation sites is 2. The Kier molecular flexibility index (Phi) is 11.1. The van der Waals surface area contributed by atoms with E-state index in [0.717, 1.165) is 68.6 Å². The summed E-state index contributed by atoms with van der Waals surface area (Å²) in [5.41, 5.74) is 2.21. The first-order chi connectivity index (χ1) is 15.2. The van der Waals surface area contributed by atoms with E-state index in [9.17, 15) is 0 Å². The van der Waals surface area contributed by atoms with Gasteiger partial charge in [0.1, 0.15) is 12.3 Å². The van der Waals surface area contributed by atoms with Crippen molar-refractivity contribution in [3.63, 3.8) is 0 Å². The van der Waals surface area contributed by atoms with Crippen LogP contribution in [0.1, 0.15) is 57.4 Å². The summed E-state index contributed by atoms with van der Waals surface area (Å²) >= 11 is 0. The highest BCUT2D eigenvalue weighted by molar-refractivity contribution is 14.0. The molecule has 2 N–H and O–H groups in total. The SMILES string of the molecule is CCNC(=NCc1cc(C(CC)CC)no1)NCC1CCN(c2ccccc2OC)C1.I. The van der Waals surface area contributed by atoms with Gasteiger partial charge in [0.2, 0.25) is 0 Å². The first-order valence-corrected chi connectivity index (χ1v) is 11.5. The van der Waals surface area contributed by atoms with E-state index in [0.29, 0.717) is 18.4 Å². The molecular formula is C24H38IN5O2. The Hall–Kier alpha value is -1.97. The normalized spacial score (nSPS) is 16.2. The molecule has 1 saturated heterocycles. The van der Waals surface area contributed by atoms with Crippen LogP contribution in [-0.2, 0) is 6.54 Å². The van der Waals surface area contributed by atoms with Crippen molar-refractivity contribution in [1.82, 2.24) is 15.8 Å². The van der Waals surface area contributed by atoms with Gasteiger partial charge >= 0.3 is 0 Å². The lowest BCUT2D eigenvalue weighted by Gasteiger charge is -2.21. The van der Waals surface area contributed by atoms with Crippen LogP contribution in [0, 0.1) is 5.92 Å². The number of aliphatic imine (C=N–C) groups is 1. The molecule has 0 aliphatic carbocycles. The molecule has 2 aromatic rings. The molecule has 0 bridgehead atoms. The summed E-state index contributed by atoms with van der Waals surface area (Å²) in [6.07, 6.45) is 3.29. The van der Waals surface area contributed by atoms with Crippen molar-refractivity contribution in [2.45, 2.75) is 52.5 Å². The van der Waals surface area contributed by atoms with Crippen LogP contribution in [0.15, 0.2) is 39.8 Å². The van der Waals surface area contributed by atoms with Crippen molar-refractivity contribution in [3.8, 4) is 5.75 Å². The van der Waals surface area contributed by atoms with Crippen LogP contribution in [0.2, 0.25) is 0 Å². The number of hydrogen-bond acceptors (Lipinski definition) is 5. The van der Waals surface area contributed by atoms with Crippen molar-refractivity contribution >= 4 is 35.6 Å². The lowest BCUT2D eigenvalue weighted by atomic mass is 9.99. The topological polar surface area (TPSA) is 74.9 Å². The van der Waals surface area contributed by atoms with Crippen LogP contribution in [-0.4, -0.2) is 44.4 Å². The number of nitrogens with zero attached hydrogens (tertiary/aromatic N) is 3. The summed E-state index contributed by atoms with van der Waals surface area (Å²) in [4.78, 5) is 7.11. The number of anilines is 1. The molecule has 8 heteroatoms. The third-order valence-corrected chi connectivity index (χ3v) is 5.99. The smallest absolute Gasteiger partial charge is 0.191 e. The molecule has 178 valence electrons. The maximum Gasteiger partial charge on any atom is 0.191 e.